The van der Waals surface area contributed by atoms with Crippen LogP contribution in [0.2, 0.25) is 0 Å². The van der Waals surface area contributed by atoms with Crippen LogP contribution in [0.15, 0.2) is 18.2 Å². The molecule has 1 amide bonds. The summed E-state index contributed by atoms with van der Waals surface area (Å²) in [5.41, 5.74) is 8.54. The van der Waals surface area contributed by atoms with Crippen molar-refractivity contribution < 1.29 is 4.79 Å². The van der Waals surface area contributed by atoms with Gasteiger partial charge in [0.25, 0.3) is 5.91 Å². The average Bonchev–Trinajstić information content (AvgIpc) is 3.13. The van der Waals surface area contributed by atoms with Gasteiger partial charge in [-0.3, -0.25) is 4.79 Å². The minimum atomic E-state index is 0.108. The molecular weight excluding hydrogens is 256 g/mol. The van der Waals surface area contributed by atoms with Crippen molar-refractivity contribution >= 4 is 23.1 Å². The fourth-order valence-corrected chi connectivity index (χ4v) is 2.37. The Balaban J connectivity index is 2.16. The van der Waals surface area contributed by atoms with E-state index in [4.69, 9.17) is 18.0 Å². The molecule has 2 N–H and O–H groups in total. The van der Waals surface area contributed by atoms with E-state index in [0.717, 1.165) is 24.0 Å². The molecule has 1 aromatic rings. The molecule has 1 saturated carbocycles. The summed E-state index contributed by atoms with van der Waals surface area (Å²) < 4.78 is 0. The first-order valence-electron chi connectivity index (χ1n) is 6.65. The maximum absolute atomic E-state index is 12.6. The summed E-state index contributed by atoms with van der Waals surface area (Å²) in [6.45, 7) is 4.65. The normalized spacial score (nSPS) is 14.2. The largest absolute Gasteiger partial charge is 0.393 e. The topological polar surface area (TPSA) is 46.3 Å². The number of nitrogens with two attached hydrogens (primary N) is 1. The van der Waals surface area contributed by atoms with Gasteiger partial charge in [0, 0.05) is 24.6 Å². The van der Waals surface area contributed by atoms with Crippen molar-refractivity contribution in [3.05, 3.63) is 34.9 Å². The van der Waals surface area contributed by atoms with Crippen LogP contribution in [-0.2, 0) is 0 Å². The number of aryl methyl sites for hydroxylation is 2. The molecule has 0 spiro atoms. The van der Waals surface area contributed by atoms with Gasteiger partial charge in [0.05, 0.1) is 4.99 Å². The van der Waals surface area contributed by atoms with Gasteiger partial charge in [-0.15, -0.1) is 0 Å². The molecule has 0 atom stereocenters. The van der Waals surface area contributed by atoms with Crippen molar-refractivity contribution in [2.24, 2.45) is 5.73 Å². The third-order valence-electron chi connectivity index (χ3n) is 3.46. The van der Waals surface area contributed by atoms with Crippen molar-refractivity contribution in [3.8, 4) is 0 Å². The van der Waals surface area contributed by atoms with E-state index in [2.05, 4.69) is 0 Å². The monoisotopic (exact) mass is 276 g/mol. The minimum absolute atomic E-state index is 0.108. The lowest BCUT2D eigenvalue weighted by molar-refractivity contribution is 0.0747. The van der Waals surface area contributed by atoms with E-state index in [0.29, 0.717) is 24.0 Å². The first-order chi connectivity index (χ1) is 8.99. The number of nitrogens with zero attached hydrogens (tertiary/aromatic N) is 1. The van der Waals surface area contributed by atoms with E-state index in [1.165, 1.54) is 5.56 Å². The van der Waals surface area contributed by atoms with Gasteiger partial charge >= 0.3 is 0 Å². The number of hydrogen-bond donors (Lipinski definition) is 1. The summed E-state index contributed by atoms with van der Waals surface area (Å²) in [4.78, 5) is 15.0. The van der Waals surface area contributed by atoms with Crippen LogP contribution in [0.3, 0.4) is 0 Å². The molecule has 0 saturated heterocycles. The number of thiocarbonyl (C=S) groups is 1. The van der Waals surface area contributed by atoms with Gasteiger partial charge in [-0.25, -0.2) is 0 Å². The van der Waals surface area contributed by atoms with E-state index in [-0.39, 0.29) is 5.91 Å². The molecule has 4 heteroatoms. The SMILES string of the molecule is Cc1ccc(C(=O)N(CCC(N)=S)C2CC2)c(C)c1. The smallest absolute Gasteiger partial charge is 0.254 e. The van der Waals surface area contributed by atoms with Gasteiger partial charge in [-0.2, -0.15) is 0 Å². The van der Waals surface area contributed by atoms with Crippen molar-refractivity contribution in [2.75, 3.05) is 6.54 Å². The van der Waals surface area contributed by atoms with Crippen LogP contribution in [0, 0.1) is 13.8 Å². The number of rotatable bonds is 5. The highest BCUT2D eigenvalue weighted by atomic mass is 32.1. The Labute approximate surface area is 119 Å². The minimum Gasteiger partial charge on any atom is -0.393 e. The van der Waals surface area contributed by atoms with Gasteiger partial charge in [0.15, 0.2) is 0 Å². The Bertz CT molecular complexity index is 509. The van der Waals surface area contributed by atoms with Gasteiger partial charge < -0.3 is 10.6 Å². The third-order valence-corrected chi connectivity index (χ3v) is 3.66. The average molecular weight is 276 g/mol. The lowest BCUT2D eigenvalue weighted by Gasteiger charge is -2.23. The highest BCUT2D eigenvalue weighted by molar-refractivity contribution is 7.80. The Hall–Kier alpha value is -1.42. The molecule has 1 aliphatic carbocycles. The number of benzene rings is 1. The molecule has 2 rings (SSSR count). The standard InChI is InChI=1S/C15H20N2OS/c1-10-3-6-13(11(2)9-10)15(18)17(12-4-5-12)8-7-14(16)19/h3,6,9,12H,4-5,7-8H2,1-2H3,(H2,16,19). The number of amides is 1. The fourth-order valence-electron chi connectivity index (χ4n) is 2.28. The second kappa shape index (κ2) is 5.70. The molecule has 19 heavy (non-hydrogen) atoms. The molecular formula is C15H20N2OS. The summed E-state index contributed by atoms with van der Waals surface area (Å²) in [5, 5.41) is 0. The molecule has 102 valence electrons. The van der Waals surface area contributed by atoms with Gasteiger partial charge in [0.1, 0.15) is 0 Å². The molecule has 0 aliphatic heterocycles. The van der Waals surface area contributed by atoms with Crippen molar-refractivity contribution in [3.63, 3.8) is 0 Å². The third kappa shape index (κ3) is 3.53. The van der Waals surface area contributed by atoms with Crippen LogP contribution in [0.5, 0.6) is 0 Å². The summed E-state index contributed by atoms with van der Waals surface area (Å²) in [6, 6.07) is 6.33. The van der Waals surface area contributed by atoms with E-state index in [1.807, 2.05) is 36.9 Å². The molecule has 1 fully saturated rings. The Morgan fingerprint density at radius 1 is 1.42 bits per heavy atom. The molecule has 0 radical (unpaired) electrons. The van der Waals surface area contributed by atoms with Gasteiger partial charge in [-0.05, 0) is 38.3 Å². The Morgan fingerprint density at radius 3 is 2.63 bits per heavy atom. The van der Waals surface area contributed by atoms with Crippen LogP contribution >= 0.6 is 12.2 Å². The zero-order valence-corrected chi connectivity index (χ0v) is 12.3. The van der Waals surface area contributed by atoms with Gasteiger partial charge in [-0.1, -0.05) is 29.9 Å². The zero-order chi connectivity index (χ0) is 14.0. The first-order valence-corrected chi connectivity index (χ1v) is 7.06. The second-order valence-corrected chi connectivity index (χ2v) is 5.79. The summed E-state index contributed by atoms with van der Waals surface area (Å²) in [6.07, 6.45) is 2.78. The van der Waals surface area contributed by atoms with Crippen LogP contribution in [-0.4, -0.2) is 28.4 Å². The molecule has 1 aliphatic rings. The Morgan fingerprint density at radius 2 is 2.11 bits per heavy atom. The highest BCUT2D eigenvalue weighted by Gasteiger charge is 2.33. The van der Waals surface area contributed by atoms with Crippen LogP contribution < -0.4 is 5.73 Å². The van der Waals surface area contributed by atoms with Gasteiger partial charge in [0.2, 0.25) is 0 Å². The number of hydrogen-bond acceptors (Lipinski definition) is 2. The predicted molar refractivity (Wildman–Crippen MR) is 81.4 cm³/mol. The molecule has 0 aromatic heterocycles. The quantitative estimate of drug-likeness (QED) is 0.841. The molecule has 0 heterocycles. The Kier molecular flexibility index (Phi) is 4.20. The van der Waals surface area contributed by atoms with E-state index in [1.54, 1.807) is 0 Å². The summed E-state index contributed by atoms with van der Waals surface area (Å²) in [5.74, 6) is 0.108. The number of carbonyl (C=O) groups is 1. The summed E-state index contributed by atoms with van der Waals surface area (Å²) in [7, 11) is 0. The van der Waals surface area contributed by atoms with E-state index in [9.17, 15) is 4.79 Å². The molecule has 0 bridgehead atoms. The van der Waals surface area contributed by atoms with Crippen LogP contribution in [0.1, 0.15) is 40.7 Å². The fraction of sp³-hybridized carbons (Fsp3) is 0.467. The van der Waals surface area contributed by atoms with E-state index >= 15 is 0 Å². The van der Waals surface area contributed by atoms with Crippen molar-refractivity contribution in [2.45, 2.75) is 39.2 Å². The lowest BCUT2D eigenvalue weighted by atomic mass is 10.0. The molecule has 3 nitrogen and oxygen atoms in total. The summed E-state index contributed by atoms with van der Waals surface area (Å²) >= 11 is 4.91. The lowest BCUT2D eigenvalue weighted by Crippen LogP contribution is -2.36. The predicted octanol–water partition coefficient (Wildman–Crippen LogP) is 2.58. The van der Waals surface area contributed by atoms with Crippen LogP contribution in [0.4, 0.5) is 0 Å². The van der Waals surface area contributed by atoms with Crippen LogP contribution in [0.25, 0.3) is 0 Å². The highest BCUT2D eigenvalue weighted by Crippen LogP contribution is 2.29. The maximum Gasteiger partial charge on any atom is 0.254 e. The zero-order valence-electron chi connectivity index (χ0n) is 11.5. The number of carbonyl (C=O) groups excluding carboxylic acids is 1. The first kappa shape index (κ1) is 14.0. The van der Waals surface area contributed by atoms with E-state index < -0.39 is 0 Å². The molecule has 0 unspecified atom stereocenters. The van der Waals surface area contributed by atoms with Crippen molar-refractivity contribution in [1.82, 2.24) is 4.90 Å². The molecule has 1 aromatic carbocycles. The maximum atomic E-state index is 12.6. The second-order valence-electron chi connectivity index (χ2n) is 5.26. The van der Waals surface area contributed by atoms with Crippen molar-refractivity contribution in [1.29, 1.82) is 0 Å².